The summed E-state index contributed by atoms with van der Waals surface area (Å²) in [6.45, 7) is 4.54. The van der Waals surface area contributed by atoms with E-state index in [1.54, 1.807) is 30.3 Å². The molecule has 0 radical (unpaired) electrons. The zero-order valence-corrected chi connectivity index (χ0v) is 17.8. The molecule has 3 aromatic carbocycles. The third-order valence-electron chi connectivity index (χ3n) is 6.46. The predicted molar refractivity (Wildman–Crippen MR) is 120 cm³/mol. The molecule has 2 aliphatic rings. The summed E-state index contributed by atoms with van der Waals surface area (Å²) in [5.41, 5.74) is 2.04. The number of hydrogen-bond acceptors (Lipinski definition) is 4. The highest BCUT2D eigenvalue weighted by molar-refractivity contribution is 7.92. The first-order valence-corrected chi connectivity index (χ1v) is 11.8. The zero-order chi connectivity index (χ0) is 21.6. The molecule has 1 saturated heterocycles. The van der Waals surface area contributed by atoms with Crippen LogP contribution in [0.3, 0.4) is 0 Å². The van der Waals surface area contributed by atoms with Gasteiger partial charge in [0, 0.05) is 11.6 Å². The van der Waals surface area contributed by atoms with E-state index in [0.717, 1.165) is 28.3 Å². The number of benzene rings is 3. The average Bonchev–Trinajstić information content (AvgIpc) is 3.22. The van der Waals surface area contributed by atoms with Crippen LogP contribution in [-0.4, -0.2) is 21.0 Å². The summed E-state index contributed by atoms with van der Waals surface area (Å²) in [4.78, 5) is 12.7. The van der Waals surface area contributed by atoms with Crippen LogP contribution in [-0.2, 0) is 26.0 Å². The van der Waals surface area contributed by atoms with Crippen LogP contribution in [0.15, 0.2) is 83.8 Å². The molecule has 3 aromatic rings. The summed E-state index contributed by atoms with van der Waals surface area (Å²) >= 11 is 0. The smallest absolute Gasteiger partial charge is 0.313 e. The molecule has 1 aliphatic carbocycles. The van der Waals surface area contributed by atoms with Gasteiger partial charge in [-0.2, -0.15) is 0 Å². The SMILES string of the molecule is C=C1CC2COC(=O)C2(Cc2ccc(NS(=O)(=O)c3ccc4ccccc4c3)cc2)C1. The number of anilines is 1. The van der Waals surface area contributed by atoms with Gasteiger partial charge in [-0.15, -0.1) is 0 Å². The van der Waals surface area contributed by atoms with Crippen LogP contribution < -0.4 is 4.72 Å². The van der Waals surface area contributed by atoms with Crippen molar-refractivity contribution >= 4 is 32.5 Å². The molecule has 1 aliphatic heterocycles. The van der Waals surface area contributed by atoms with Gasteiger partial charge >= 0.3 is 5.97 Å². The van der Waals surface area contributed by atoms with Crippen LogP contribution in [0, 0.1) is 11.3 Å². The van der Waals surface area contributed by atoms with E-state index in [1.165, 1.54) is 0 Å². The minimum absolute atomic E-state index is 0.141. The van der Waals surface area contributed by atoms with Crippen LogP contribution in [0.25, 0.3) is 10.8 Å². The molecule has 0 amide bonds. The Labute approximate surface area is 181 Å². The van der Waals surface area contributed by atoms with Crippen molar-refractivity contribution in [2.24, 2.45) is 11.3 Å². The van der Waals surface area contributed by atoms with Crippen LogP contribution >= 0.6 is 0 Å². The fourth-order valence-corrected chi connectivity index (χ4v) is 5.96. The van der Waals surface area contributed by atoms with Crippen molar-refractivity contribution in [2.75, 3.05) is 11.3 Å². The lowest BCUT2D eigenvalue weighted by Gasteiger charge is -2.24. The van der Waals surface area contributed by atoms with E-state index in [2.05, 4.69) is 11.3 Å². The van der Waals surface area contributed by atoms with Gasteiger partial charge in [0.1, 0.15) is 0 Å². The molecule has 158 valence electrons. The van der Waals surface area contributed by atoms with Gasteiger partial charge in [-0.3, -0.25) is 9.52 Å². The molecule has 2 fully saturated rings. The van der Waals surface area contributed by atoms with Crippen molar-refractivity contribution in [1.82, 2.24) is 0 Å². The molecule has 31 heavy (non-hydrogen) atoms. The van der Waals surface area contributed by atoms with Crippen molar-refractivity contribution in [2.45, 2.75) is 24.2 Å². The lowest BCUT2D eigenvalue weighted by molar-refractivity contribution is -0.146. The number of nitrogens with one attached hydrogen (secondary N) is 1. The van der Waals surface area contributed by atoms with Gasteiger partial charge in [-0.1, -0.05) is 54.6 Å². The van der Waals surface area contributed by atoms with E-state index in [0.29, 0.717) is 25.1 Å². The number of cyclic esters (lactones) is 1. The molecule has 2 atom stereocenters. The minimum atomic E-state index is -3.71. The Morgan fingerprint density at radius 2 is 1.77 bits per heavy atom. The summed E-state index contributed by atoms with van der Waals surface area (Å²) in [6, 6.07) is 19.9. The zero-order valence-electron chi connectivity index (χ0n) is 17.0. The number of rotatable bonds is 5. The Morgan fingerprint density at radius 3 is 2.55 bits per heavy atom. The Morgan fingerprint density at radius 1 is 1.03 bits per heavy atom. The molecule has 0 aromatic heterocycles. The van der Waals surface area contributed by atoms with E-state index in [9.17, 15) is 13.2 Å². The van der Waals surface area contributed by atoms with Crippen molar-refractivity contribution in [3.8, 4) is 0 Å². The number of carbonyl (C=O) groups is 1. The van der Waals surface area contributed by atoms with Gasteiger partial charge in [0.2, 0.25) is 0 Å². The van der Waals surface area contributed by atoms with Crippen LogP contribution in [0.1, 0.15) is 18.4 Å². The number of esters is 1. The normalized spacial score (nSPS) is 23.0. The molecule has 5 nitrogen and oxygen atoms in total. The Hall–Kier alpha value is -3.12. The third-order valence-corrected chi connectivity index (χ3v) is 7.84. The third kappa shape index (κ3) is 3.51. The quantitative estimate of drug-likeness (QED) is 0.468. The largest absolute Gasteiger partial charge is 0.465 e. The first kappa shape index (κ1) is 19.8. The number of ether oxygens (including phenoxy) is 1. The Bertz CT molecular complexity index is 1300. The number of allylic oxidation sites excluding steroid dienone is 1. The molecule has 0 spiro atoms. The lowest BCUT2D eigenvalue weighted by atomic mass is 9.75. The number of sulfonamides is 1. The maximum atomic E-state index is 12.9. The summed E-state index contributed by atoms with van der Waals surface area (Å²) in [6.07, 6.45) is 2.06. The number of carbonyl (C=O) groups excluding carboxylic acids is 1. The molecular weight excluding hydrogens is 410 g/mol. The fourth-order valence-electron chi connectivity index (χ4n) is 4.87. The van der Waals surface area contributed by atoms with Crippen molar-refractivity contribution in [1.29, 1.82) is 0 Å². The second-order valence-corrected chi connectivity index (χ2v) is 10.3. The number of fused-ring (bicyclic) bond motifs is 2. The first-order valence-electron chi connectivity index (χ1n) is 10.3. The van der Waals surface area contributed by atoms with Gasteiger partial charge in [-0.25, -0.2) is 8.42 Å². The van der Waals surface area contributed by atoms with E-state index in [-0.39, 0.29) is 16.8 Å². The van der Waals surface area contributed by atoms with Crippen molar-refractivity contribution < 1.29 is 17.9 Å². The maximum absolute atomic E-state index is 12.9. The summed E-state index contributed by atoms with van der Waals surface area (Å²) in [5.74, 6) is 0.0378. The Balaban J connectivity index is 1.35. The molecule has 1 saturated carbocycles. The van der Waals surface area contributed by atoms with Crippen molar-refractivity contribution in [3.05, 3.63) is 84.4 Å². The van der Waals surface area contributed by atoms with E-state index in [1.807, 2.05) is 36.4 Å². The molecule has 6 heteroatoms. The van der Waals surface area contributed by atoms with Gasteiger partial charge in [0.05, 0.1) is 16.9 Å². The van der Waals surface area contributed by atoms with Crippen molar-refractivity contribution in [3.63, 3.8) is 0 Å². The molecule has 2 unspecified atom stereocenters. The van der Waals surface area contributed by atoms with Gasteiger partial charge in [-0.05, 0) is 59.9 Å². The highest BCUT2D eigenvalue weighted by atomic mass is 32.2. The average molecular weight is 434 g/mol. The van der Waals surface area contributed by atoms with E-state index >= 15 is 0 Å². The molecule has 5 rings (SSSR count). The standard InChI is InChI=1S/C25H23NO4S/c1-17-12-21-16-30-24(27)25(21,14-17)15-18-6-9-22(10-7-18)26-31(28,29)23-11-8-19-4-2-3-5-20(19)13-23/h2-11,13,21,26H,1,12,14-16H2. The van der Waals surface area contributed by atoms with Crippen LogP contribution in [0.5, 0.6) is 0 Å². The number of hydrogen-bond donors (Lipinski definition) is 1. The Kier molecular flexibility index (Phi) is 4.63. The van der Waals surface area contributed by atoms with Gasteiger partial charge < -0.3 is 4.74 Å². The van der Waals surface area contributed by atoms with Gasteiger partial charge in [0.15, 0.2) is 0 Å². The maximum Gasteiger partial charge on any atom is 0.313 e. The topological polar surface area (TPSA) is 72.5 Å². The van der Waals surface area contributed by atoms with Gasteiger partial charge in [0.25, 0.3) is 10.0 Å². The predicted octanol–water partition coefficient (Wildman–Crippen LogP) is 4.69. The first-order chi connectivity index (χ1) is 14.9. The minimum Gasteiger partial charge on any atom is -0.465 e. The molecule has 0 bridgehead atoms. The van der Waals surface area contributed by atoms with Crippen LogP contribution in [0.4, 0.5) is 5.69 Å². The summed E-state index contributed by atoms with van der Waals surface area (Å²) in [5, 5.41) is 1.86. The second-order valence-electron chi connectivity index (χ2n) is 8.57. The monoisotopic (exact) mass is 433 g/mol. The van der Waals surface area contributed by atoms with Crippen LogP contribution in [0.2, 0.25) is 0 Å². The molecule has 1 N–H and O–H groups in total. The molecule has 1 heterocycles. The van der Waals surface area contributed by atoms with E-state index in [4.69, 9.17) is 4.74 Å². The highest BCUT2D eigenvalue weighted by Crippen LogP contribution is 2.52. The summed E-state index contributed by atoms with van der Waals surface area (Å²) in [7, 11) is -3.71. The summed E-state index contributed by atoms with van der Waals surface area (Å²) < 4.78 is 33.7. The lowest BCUT2D eigenvalue weighted by Crippen LogP contribution is -2.31. The molecular formula is C25H23NO4S. The fraction of sp³-hybridized carbons (Fsp3) is 0.240. The van der Waals surface area contributed by atoms with E-state index < -0.39 is 15.4 Å². The highest BCUT2D eigenvalue weighted by Gasteiger charge is 2.55. The second kappa shape index (κ2) is 7.24.